The lowest BCUT2D eigenvalue weighted by Gasteiger charge is -2.04. The van der Waals surface area contributed by atoms with Gasteiger partial charge < -0.3 is 13.5 Å². The average Bonchev–Trinajstić information content (AvgIpc) is 1.73. The quantitative estimate of drug-likeness (QED) is 0.149. The molecular formula is C88H130N10. The topological polar surface area (TPSA) is 104 Å². The number of allylic oxidation sites excluding steroid dienone is 8. The van der Waals surface area contributed by atoms with Gasteiger partial charge in [-0.25, -0.2) is 9.97 Å². The minimum atomic E-state index is 0.981. The number of rotatable bonds is 0. The van der Waals surface area contributed by atoms with Gasteiger partial charge in [0, 0.05) is 86.9 Å². The van der Waals surface area contributed by atoms with Gasteiger partial charge in [-0.05, 0) is 264 Å². The highest BCUT2D eigenvalue weighted by atomic mass is 15.1. The van der Waals surface area contributed by atoms with E-state index in [1.54, 1.807) is 12.4 Å². The van der Waals surface area contributed by atoms with Crippen molar-refractivity contribution in [3.8, 4) is 0 Å². The van der Waals surface area contributed by atoms with Crippen LogP contribution in [0.1, 0.15) is 259 Å². The van der Waals surface area contributed by atoms with Crippen LogP contribution in [-0.4, -0.2) is 48.4 Å². The summed E-state index contributed by atoms with van der Waals surface area (Å²) in [6.07, 6.45) is 21.9. The van der Waals surface area contributed by atoms with Crippen LogP contribution < -0.4 is 0 Å². The third kappa shape index (κ3) is 21.8. The second-order valence-electron chi connectivity index (χ2n) is 23.7. The number of imidazole rings is 2. The van der Waals surface area contributed by atoms with Crippen molar-refractivity contribution >= 4 is 49.9 Å². The SMILES string of the molecule is CC.CC.CC.CC.CC.CC.CC.CC1=C(C)c2c(C)cccc2C1.CC1=C(C)c2c(C)ccnc2C1.CC1=C(C)c2c(C)cncc2C1.CC1=C(C)c2c(ccnc2C)C1.Cc1cn2cccc(C)c2c1C.Cc1cncc2nc(C)n(C)c12.Cc1nccc2nc(C)n(C)c12. The monoisotopic (exact) mass is 1330 g/mol. The average molecular weight is 1330 g/mol. The first kappa shape index (κ1) is 87.6. The zero-order valence-electron chi connectivity index (χ0n) is 68.1. The molecule has 4 aliphatic rings. The fraction of sp³-hybridized carbons (Fsp3) is 0.443. The molecule has 0 N–H and O–H groups in total. The number of pyridine rings is 6. The molecule has 0 amide bonds. The number of aryl methyl sites for hydroxylation is 13. The molecule has 1 aromatic carbocycles. The Kier molecular flexibility index (Phi) is 39.2. The van der Waals surface area contributed by atoms with Crippen LogP contribution in [-0.2, 0) is 39.8 Å². The van der Waals surface area contributed by atoms with Crippen LogP contribution >= 0.6 is 0 Å². The van der Waals surface area contributed by atoms with E-state index in [1.807, 2.05) is 169 Å². The van der Waals surface area contributed by atoms with Crippen molar-refractivity contribution in [2.75, 3.05) is 0 Å². The largest absolute Gasteiger partial charge is 0.331 e. The van der Waals surface area contributed by atoms with Gasteiger partial charge in [0.2, 0.25) is 0 Å². The second kappa shape index (κ2) is 43.8. The maximum atomic E-state index is 4.40. The van der Waals surface area contributed by atoms with Crippen molar-refractivity contribution in [3.63, 3.8) is 0 Å². The molecule has 10 heteroatoms. The van der Waals surface area contributed by atoms with Gasteiger partial charge in [-0.1, -0.05) is 143 Å². The molecule has 0 atom stereocenters. The normalized spacial score (nSPS) is 11.9. The molecule has 0 spiro atoms. The van der Waals surface area contributed by atoms with Crippen molar-refractivity contribution in [1.82, 2.24) is 48.4 Å². The molecule has 98 heavy (non-hydrogen) atoms. The summed E-state index contributed by atoms with van der Waals surface area (Å²) in [5.41, 5.74) is 40.3. The molecule has 0 saturated heterocycles. The number of hydrogen-bond acceptors (Lipinski definition) is 7. The standard InChI is InChI=1S/C12H14.4C11H13N.2C9H11N3.7C2H6/c1-8-5-4-6-11-7-9(2)10(3)12(8)11;1-7-4-10-6-12-5-8(2)11(10)9(7)3;1-7-6-10-4-5-12-9(3)11(10)8(7)2;1-7-4-5-12-10-6-8(2)9(3)11(7)10;1-8-5-4-6-12-7-9(2)10(3)11(8)12;1-6-4-10-5-8-9(6)12(3)7(2)11-8;1-6-9-8(4-5-10-6)11-7(2)12(9)3;7*1-2/h4-6H,7H2,1-3H3;5-6H,4H2,1-3H3;2*4-5H,6H2,1-3H3;4-7H,1-3H3;2*4-5H,1-3H3;7*1-2H3. The van der Waals surface area contributed by atoms with Crippen LogP contribution in [0.2, 0.25) is 0 Å². The Labute approximate surface area is 596 Å². The summed E-state index contributed by atoms with van der Waals surface area (Å²) in [5, 5.41) is 0. The molecule has 10 nitrogen and oxygen atoms in total. The van der Waals surface area contributed by atoms with Crippen molar-refractivity contribution in [2.24, 2.45) is 14.1 Å². The maximum absolute atomic E-state index is 4.40. The zero-order chi connectivity index (χ0) is 75.0. The lowest BCUT2D eigenvalue weighted by molar-refractivity contribution is 0.880. The van der Waals surface area contributed by atoms with E-state index in [0.717, 1.165) is 59.6 Å². The Morgan fingerprint density at radius 2 is 0.765 bits per heavy atom. The van der Waals surface area contributed by atoms with Gasteiger partial charge in [-0.15, -0.1) is 0 Å². The third-order valence-corrected chi connectivity index (χ3v) is 17.8. The van der Waals surface area contributed by atoms with E-state index in [0.29, 0.717) is 0 Å². The summed E-state index contributed by atoms with van der Waals surface area (Å²) in [6, 6.07) is 17.0. The highest BCUT2D eigenvalue weighted by molar-refractivity contribution is 5.80. The van der Waals surface area contributed by atoms with E-state index in [9.17, 15) is 0 Å². The summed E-state index contributed by atoms with van der Waals surface area (Å²) in [7, 11) is 4.04. The highest BCUT2D eigenvalue weighted by Crippen LogP contribution is 2.37. The second-order valence-corrected chi connectivity index (χ2v) is 23.7. The highest BCUT2D eigenvalue weighted by Gasteiger charge is 2.21. The van der Waals surface area contributed by atoms with Crippen molar-refractivity contribution in [2.45, 2.75) is 254 Å². The van der Waals surface area contributed by atoms with Crippen molar-refractivity contribution in [1.29, 1.82) is 0 Å². The first-order chi connectivity index (χ1) is 46.9. The number of fused-ring (bicyclic) bond motifs is 7. The third-order valence-electron chi connectivity index (χ3n) is 17.8. The predicted octanol–water partition coefficient (Wildman–Crippen LogP) is 24.8. The molecular weight excluding hydrogens is 1200 g/mol. The first-order valence-electron chi connectivity index (χ1n) is 36.5. The van der Waals surface area contributed by atoms with E-state index >= 15 is 0 Å². The van der Waals surface area contributed by atoms with E-state index < -0.39 is 0 Å². The smallest absolute Gasteiger partial charge is 0.107 e. The summed E-state index contributed by atoms with van der Waals surface area (Å²) in [4.78, 5) is 30.0. The van der Waals surface area contributed by atoms with Crippen LogP contribution in [0.3, 0.4) is 0 Å². The minimum Gasteiger partial charge on any atom is -0.331 e. The van der Waals surface area contributed by atoms with Gasteiger partial charge in [0.05, 0.1) is 39.7 Å². The summed E-state index contributed by atoms with van der Waals surface area (Å²) < 4.78 is 6.35. The summed E-state index contributed by atoms with van der Waals surface area (Å²) in [6.45, 7) is 68.8. The number of hydrogen-bond donors (Lipinski definition) is 0. The van der Waals surface area contributed by atoms with Gasteiger partial charge in [-0.2, -0.15) is 0 Å². The molecule has 10 aromatic rings. The Hall–Kier alpha value is -8.37. The summed E-state index contributed by atoms with van der Waals surface area (Å²) >= 11 is 0. The van der Waals surface area contributed by atoms with E-state index in [1.165, 1.54) is 145 Å². The number of benzene rings is 1. The summed E-state index contributed by atoms with van der Waals surface area (Å²) in [5.74, 6) is 2.06. The molecule has 4 aliphatic carbocycles. The first-order valence-corrected chi connectivity index (χ1v) is 36.5. The molecule has 0 aliphatic heterocycles. The minimum absolute atomic E-state index is 0.981. The molecule has 9 heterocycles. The Balaban J connectivity index is 0.000000554. The van der Waals surface area contributed by atoms with Crippen LogP contribution in [0.15, 0.2) is 127 Å². The van der Waals surface area contributed by atoms with E-state index in [4.69, 9.17) is 0 Å². The molecule has 0 fully saturated rings. The predicted molar refractivity (Wildman–Crippen MR) is 433 cm³/mol. The Morgan fingerprint density at radius 3 is 1.29 bits per heavy atom. The van der Waals surface area contributed by atoms with Crippen molar-refractivity contribution < 1.29 is 0 Å². The Bertz CT molecular complexity index is 3770. The molecule has 0 unspecified atom stereocenters. The number of nitrogens with zero attached hydrogens (tertiary/aromatic N) is 10. The van der Waals surface area contributed by atoms with Crippen molar-refractivity contribution in [3.05, 3.63) is 233 Å². The molecule has 532 valence electrons. The fourth-order valence-electron chi connectivity index (χ4n) is 12.4. The molecule has 0 radical (unpaired) electrons. The van der Waals surface area contributed by atoms with Gasteiger partial charge in [0.15, 0.2) is 0 Å². The maximum Gasteiger partial charge on any atom is 0.107 e. The molecule has 14 rings (SSSR count). The zero-order valence-corrected chi connectivity index (χ0v) is 68.1. The molecule has 0 saturated carbocycles. The van der Waals surface area contributed by atoms with Crippen LogP contribution in [0.4, 0.5) is 0 Å². The van der Waals surface area contributed by atoms with Crippen LogP contribution in [0.25, 0.3) is 49.9 Å². The number of aromatic nitrogens is 10. The fourth-order valence-corrected chi connectivity index (χ4v) is 12.4. The lowest BCUT2D eigenvalue weighted by atomic mass is 10.0. The van der Waals surface area contributed by atoms with Gasteiger partial charge in [0.25, 0.3) is 0 Å². The van der Waals surface area contributed by atoms with Gasteiger partial charge in [-0.3, -0.25) is 24.9 Å². The van der Waals surface area contributed by atoms with E-state index in [-0.39, 0.29) is 0 Å². The molecule has 9 aromatic heterocycles. The van der Waals surface area contributed by atoms with Gasteiger partial charge >= 0.3 is 0 Å². The van der Waals surface area contributed by atoms with Crippen LogP contribution in [0.5, 0.6) is 0 Å². The Morgan fingerprint density at radius 1 is 0.327 bits per heavy atom. The van der Waals surface area contributed by atoms with Crippen LogP contribution in [0, 0.1) is 76.2 Å². The molecule has 0 bridgehead atoms. The van der Waals surface area contributed by atoms with Gasteiger partial charge in [0.1, 0.15) is 17.2 Å². The van der Waals surface area contributed by atoms with E-state index in [2.05, 4.69) is 214 Å². The lowest BCUT2D eigenvalue weighted by Crippen LogP contribution is -1.93.